The van der Waals surface area contributed by atoms with Gasteiger partial charge in [-0.2, -0.15) is 0 Å². The number of allylic oxidation sites excluding steroid dienone is 1. The van der Waals surface area contributed by atoms with Gasteiger partial charge in [0.1, 0.15) is 0 Å². The summed E-state index contributed by atoms with van der Waals surface area (Å²) in [5, 5.41) is 8.98. The van der Waals surface area contributed by atoms with E-state index in [2.05, 4.69) is 6.58 Å². The van der Waals surface area contributed by atoms with E-state index in [1.165, 1.54) is 6.92 Å². The lowest BCUT2D eigenvalue weighted by molar-refractivity contribution is -0.142. The fourth-order valence-electron chi connectivity index (χ4n) is 1.18. The summed E-state index contributed by atoms with van der Waals surface area (Å²) in [5.41, 5.74) is 0. The van der Waals surface area contributed by atoms with E-state index < -0.39 is 0 Å². The molecule has 0 aromatic rings. The third kappa shape index (κ3) is 7.80. The molecule has 3 heteroatoms. The Morgan fingerprint density at radius 3 is 2.79 bits per heavy atom. The number of carbonyl (C=O) groups excluding carboxylic acids is 1. The zero-order valence-corrected chi connectivity index (χ0v) is 8.87. The number of hydrogen-bond donors (Lipinski definition) is 1. The molecule has 0 aliphatic heterocycles. The van der Waals surface area contributed by atoms with Crippen LogP contribution in [0.5, 0.6) is 0 Å². The number of hydrogen-bond acceptors (Lipinski definition) is 3. The Hall–Kier alpha value is -0.830. The molecule has 0 aliphatic rings. The second-order valence-electron chi connectivity index (χ2n) is 3.42. The lowest BCUT2D eigenvalue weighted by Crippen LogP contribution is -2.15. The smallest absolute Gasteiger partial charge is 0.302 e. The predicted octanol–water partition coefficient (Wildman–Crippen LogP) is 1.90. The molecule has 0 saturated heterocycles. The number of ether oxygens (including phenoxy) is 1. The Morgan fingerprint density at radius 1 is 1.57 bits per heavy atom. The van der Waals surface area contributed by atoms with Gasteiger partial charge >= 0.3 is 5.97 Å². The van der Waals surface area contributed by atoms with E-state index >= 15 is 0 Å². The maximum absolute atomic E-state index is 10.5. The van der Waals surface area contributed by atoms with Crippen molar-refractivity contribution in [3.8, 4) is 0 Å². The van der Waals surface area contributed by atoms with Crippen LogP contribution in [0.25, 0.3) is 0 Å². The molecule has 0 rings (SSSR count). The molecule has 0 heterocycles. The van der Waals surface area contributed by atoms with Crippen LogP contribution in [0.1, 0.15) is 32.6 Å². The van der Waals surface area contributed by atoms with E-state index in [4.69, 9.17) is 9.84 Å². The Kier molecular flexibility index (Phi) is 8.24. The van der Waals surface area contributed by atoms with Crippen LogP contribution >= 0.6 is 0 Å². The molecule has 1 atom stereocenters. The van der Waals surface area contributed by atoms with Crippen LogP contribution < -0.4 is 0 Å². The van der Waals surface area contributed by atoms with Gasteiger partial charge in [-0.05, 0) is 19.3 Å². The number of carbonyl (C=O) groups is 1. The molecule has 0 bridgehead atoms. The van der Waals surface area contributed by atoms with Crippen LogP contribution in [-0.4, -0.2) is 24.3 Å². The first kappa shape index (κ1) is 13.2. The topological polar surface area (TPSA) is 46.5 Å². The molecule has 14 heavy (non-hydrogen) atoms. The van der Waals surface area contributed by atoms with Gasteiger partial charge in [0.15, 0.2) is 0 Å². The number of aliphatic hydroxyl groups is 1. The van der Waals surface area contributed by atoms with E-state index in [1.807, 2.05) is 6.08 Å². The van der Waals surface area contributed by atoms with Crippen LogP contribution in [-0.2, 0) is 9.53 Å². The van der Waals surface area contributed by atoms with Gasteiger partial charge in [-0.1, -0.05) is 12.5 Å². The highest BCUT2D eigenvalue weighted by molar-refractivity contribution is 5.65. The summed E-state index contributed by atoms with van der Waals surface area (Å²) in [6, 6.07) is 0. The van der Waals surface area contributed by atoms with Crippen LogP contribution in [0, 0.1) is 5.92 Å². The minimum atomic E-state index is -0.283. The highest BCUT2D eigenvalue weighted by Gasteiger charge is 2.08. The van der Waals surface area contributed by atoms with Gasteiger partial charge in [-0.25, -0.2) is 0 Å². The molecule has 1 unspecified atom stereocenters. The van der Waals surface area contributed by atoms with Gasteiger partial charge in [-0.15, -0.1) is 6.58 Å². The highest BCUT2D eigenvalue weighted by atomic mass is 16.5. The Labute approximate surface area is 85.8 Å². The maximum Gasteiger partial charge on any atom is 0.302 e. The summed E-state index contributed by atoms with van der Waals surface area (Å²) in [4.78, 5) is 10.5. The molecular weight excluding hydrogens is 180 g/mol. The number of rotatable bonds is 8. The van der Waals surface area contributed by atoms with Gasteiger partial charge in [0, 0.05) is 19.4 Å². The van der Waals surface area contributed by atoms with Crippen molar-refractivity contribution in [2.75, 3.05) is 13.2 Å². The van der Waals surface area contributed by atoms with Crippen molar-refractivity contribution in [3.63, 3.8) is 0 Å². The van der Waals surface area contributed by atoms with Crippen LogP contribution in [0.2, 0.25) is 0 Å². The number of unbranched alkanes of at least 4 members (excludes halogenated alkanes) is 2. The summed E-state index contributed by atoms with van der Waals surface area (Å²) in [6.45, 7) is 5.44. The molecule has 0 amide bonds. The number of esters is 1. The van der Waals surface area contributed by atoms with Gasteiger partial charge < -0.3 is 9.84 Å². The first-order chi connectivity index (χ1) is 6.70. The van der Waals surface area contributed by atoms with E-state index in [0.717, 1.165) is 25.7 Å². The third-order valence-electron chi connectivity index (χ3n) is 2.05. The molecule has 0 spiro atoms. The SMILES string of the molecule is C=CCCCCC(CO)COC(C)=O. The zero-order chi connectivity index (χ0) is 10.8. The highest BCUT2D eigenvalue weighted by Crippen LogP contribution is 2.10. The summed E-state index contributed by atoms with van der Waals surface area (Å²) < 4.78 is 4.83. The van der Waals surface area contributed by atoms with Crippen LogP contribution in [0.3, 0.4) is 0 Å². The first-order valence-electron chi connectivity index (χ1n) is 5.05. The standard InChI is InChI=1S/C11H20O3/c1-3-4-5-6-7-11(8-12)9-14-10(2)13/h3,11-12H,1,4-9H2,2H3. The molecule has 0 saturated carbocycles. The van der Waals surface area contributed by atoms with Crippen LogP contribution in [0.15, 0.2) is 12.7 Å². The summed E-state index contributed by atoms with van der Waals surface area (Å²) >= 11 is 0. The monoisotopic (exact) mass is 200 g/mol. The average molecular weight is 200 g/mol. The van der Waals surface area contributed by atoms with E-state index in [0.29, 0.717) is 6.61 Å². The second-order valence-corrected chi connectivity index (χ2v) is 3.42. The lowest BCUT2D eigenvalue weighted by Gasteiger charge is -2.12. The van der Waals surface area contributed by atoms with Gasteiger partial charge in [0.25, 0.3) is 0 Å². The molecule has 0 aromatic heterocycles. The lowest BCUT2D eigenvalue weighted by atomic mass is 10.0. The van der Waals surface area contributed by atoms with Gasteiger partial charge in [0.05, 0.1) is 6.61 Å². The molecule has 82 valence electrons. The molecule has 0 radical (unpaired) electrons. The fraction of sp³-hybridized carbons (Fsp3) is 0.727. The molecule has 0 fully saturated rings. The molecule has 0 aliphatic carbocycles. The maximum atomic E-state index is 10.5. The van der Waals surface area contributed by atoms with Crippen molar-refractivity contribution in [1.82, 2.24) is 0 Å². The molecule has 0 aromatic carbocycles. The molecule has 3 nitrogen and oxygen atoms in total. The average Bonchev–Trinajstić information content (AvgIpc) is 2.16. The van der Waals surface area contributed by atoms with Gasteiger partial charge in [0.2, 0.25) is 0 Å². The largest absolute Gasteiger partial charge is 0.465 e. The van der Waals surface area contributed by atoms with Crippen molar-refractivity contribution >= 4 is 5.97 Å². The van der Waals surface area contributed by atoms with Crippen molar-refractivity contribution in [2.45, 2.75) is 32.6 Å². The zero-order valence-electron chi connectivity index (χ0n) is 8.87. The van der Waals surface area contributed by atoms with Crippen molar-refractivity contribution in [1.29, 1.82) is 0 Å². The van der Waals surface area contributed by atoms with Crippen molar-refractivity contribution in [3.05, 3.63) is 12.7 Å². The Morgan fingerprint density at radius 2 is 2.29 bits per heavy atom. The third-order valence-corrected chi connectivity index (χ3v) is 2.05. The summed E-state index contributed by atoms with van der Waals surface area (Å²) in [7, 11) is 0. The summed E-state index contributed by atoms with van der Waals surface area (Å²) in [5.74, 6) is -0.196. The normalized spacial score (nSPS) is 12.1. The van der Waals surface area contributed by atoms with E-state index in [1.54, 1.807) is 0 Å². The van der Waals surface area contributed by atoms with Crippen molar-refractivity contribution < 1.29 is 14.6 Å². The van der Waals surface area contributed by atoms with Crippen LogP contribution in [0.4, 0.5) is 0 Å². The second kappa shape index (κ2) is 8.75. The minimum absolute atomic E-state index is 0.0847. The minimum Gasteiger partial charge on any atom is -0.465 e. The quantitative estimate of drug-likeness (QED) is 0.370. The summed E-state index contributed by atoms with van der Waals surface area (Å²) in [6.07, 6.45) is 5.92. The Balaban J connectivity index is 3.47. The van der Waals surface area contributed by atoms with E-state index in [-0.39, 0.29) is 18.5 Å². The van der Waals surface area contributed by atoms with Crippen molar-refractivity contribution in [2.24, 2.45) is 5.92 Å². The molecular formula is C11H20O3. The van der Waals surface area contributed by atoms with Gasteiger partial charge in [-0.3, -0.25) is 4.79 Å². The first-order valence-corrected chi connectivity index (χ1v) is 5.05. The van der Waals surface area contributed by atoms with E-state index in [9.17, 15) is 4.79 Å². The predicted molar refractivity (Wildman–Crippen MR) is 55.9 cm³/mol. The fourth-order valence-corrected chi connectivity index (χ4v) is 1.18. The number of aliphatic hydroxyl groups excluding tert-OH is 1. The molecule has 1 N–H and O–H groups in total. The Bertz CT molecular complexity index is 166.